The fraction of sp³-hybridized carbons (Fsp3) is 0.421. The van der Waals surface area contributed by atoms with Gasteiger partial charge in [-0.25, -0.2) is 9.97 Å². The van der Waals surface area contributed by atoms with Crippen LogP contribution in [0.4, 0.5) is 5.82 Å². The Bertz CT molecular complexity index is 740. The van der Waals surface area contributed by atoms with Gasteiger partial charge in [-0.3, -0.25) is 4.79 Å². The molecule has 0 atom stereocenters. The molecule has 25 heavy (non-hydrogen) atoms. The molecule has 1 saturated heterocycles. The van der Waals surface area contributed by atoms with Crippen molar-refractivity contribution >= 4 is 11.7 Å². The number of benzene rings is 1. The van der Waals surface area contributed by atoms with Crippen LogP contribution in [0.15, 0.2) is 36.7 Å². The second kappa shape index (κ2) is 7.51. The highest BCUT2D eigenvalue weighted by Crippen LogP contribution is 2.24. The molecule has 0 radical (unpaired) electrons. The van der Waals surface area contributed by atoms with E-state index in [0.717, 1.165) is 49.0 Å². The van der Waals surface area contributed by atoms with Crippen LogP contribution >= 0.6 is 0 Å². The van der Waals surface area contributed by atoms with E-state index in [1.807, 2.05) is 49.1 Å². The van der Waals surface area contributed by atoms with Gasteiger partial charge in [-0.2, -0.15) is 0 Å². The van der Waals surface area contributed by atoms with Gasteiger partial charge in [0.2, 0.25) is 5.91 Å². The summed E-state index contributed by atoms with van der Waals surface area (Å²) in [5.74, 6) is 1.97. The zero-order valence-corrected chi connectivity index (χ0v) is 15.0. The minimum atomic E-state index is 0.0465. The Morgan fingerprint density at radius 1 is 1.12 bits per heavy atom. The van der Waals surface area contributed by atoms with Crippen LogP contribution < -0.4 is 9.64 Å². The zero-order valence-electron chi connectivity index (χ0n) is 15.0. The number of piperazine rings is 1. The van der Waals surface area contributed by atoms with Crippen LogP contribution in [0.2, 0.25) is 0 Å². The number of anilines is 1. The lowest BCUT2D eigenvalue weighted by atomic mass is 10.1. The van der Waals surface area contributed by atoms with E-state index in [9.17, 15) is 4.79 Å². The lowest BCUT2D eigenvalue weighted by Crippen LogP contribution is -2.50. The summed E-state index contributed by atoms with van der Waals surface area (Å²) in [6.07, 6.45) is 1.59. The van der Waals surface area contributed by atoms with Crippen LogP contribution in [0, 0.1) is 5.92 Å². The SMILES string of the molecule is COc1cccc(-c2cc(N3CCN(C(=O)C(C)C)CC3)ncn2)c1. The number of hydrogen-bond acceptors (Lipinski definition) is 5. The van der Waals surface area contributed by atoms with E-state index in [1.165, 1.54) is 0 Å². The van der Waals surface area contributed by atoms with Crippen LogP contribution in [-0.4, -0.2) is 54.1 Å². The number of ether oxygens (including phenoxy) is 1. The largest absolute Gasteiger partial charge is 0.497 e. The van der Waals surface area contributed by atoms with Crippen molar-refractivity contribution < 1.29 is 9.53 Å². The summed E-state index contributed by atoms with van der Waals surface area (Å²) in [5, 5.41) is 0. The summed E-state index contributed by atoms with van der Waals surface area (Å²) < 4.78 is 5.29. The first-order chi connectivity index (χ1) is 12.1. The molecule has 132 valence electrons. The highest BCUT2D eigenvalue weighted by Gasteiger charge is 2.23. The maximum atomic E-state index is 12.1. The number of aromatic nitrogens is 2. The molecule has 1 amide bonds. The molecule has 0 N–H and O–H groups in total. The van der Waals surface area contributed by atoms with Gasteiger partial charge in [0.15, 0.2) is 0 Å². The highest BCUT2D eigenvalue weighted by atomic mass is 16.5. The predicted octanol–water partition coefficient (Wildman–Crippen LogP) is 2.46. The van der Waals surface area contributed by atoms with Gasteiger partial charge in [-0.1, -0.05) is 26.0 Å². The quantitative estimate of drug-likeness (QED) is 0.856. The number of rotatable bonds is 4. The van der Waals surface area contributed by atoms with Gasteiger partial charge in [0, 0.05) is 43.7 Å². The molecule has 6 nitrogen and oxygen atoms in total. The molecule has 0 saturated carbocycles. The van der Waals surface area contributed by atoms with Gasteiger partial charge in [0.25, 0.3) is 0 Å². The normalized spacial score (nSPS) is 14.7. The minimum absolute atomic E-state index is 0.0465. The van der Waals surface area contributed by atoms with Gasteiger partial charge in [0.05, 0.1) is 12.8 Å². The molecule has 1 aliphatic rings. The Morgan fingerprint density at radius 3 is 2.56 bits per heavy atom. The monoisotopic (exact) mass is 340 g/mol. The summed E-state index contributed by atoms with van der Waals surface area (Å²) in [5.41, 5.74) is 1.86. The molecule has 1 aromatic carbocycles. The molecule has 0 spiro atoms. The summed E-state index contributed by atoms with van der Waals surface area (Å²) >= 11 is 0. The van der Waals surface area contributed by atoms with Crippen molar-refractivity contribution in [3.63, 3.8) is 0 Å². The molecule has 0 bridgehead atoms. The maximum absolute atomic E-state index is 12.1. The van der Waals surface area contributed by atoms with Gasteiger partial charge >= 0.3 is 0 Å². The van der Waals surface area contributed by atoms with Gasteiger partial charge < -0.3 is 14.5 Å². The zero-order chi connectivity index (χ0) is 17.8. The Morgan fingerprint density at radius 2 is 1.88 bits per heavy atom. The van der Waals surface area contributed by atoms with Crippen LogP contribution in [0.25, 0.3) is 11.3 Å². The third kappa shape index (κ3) is 3.90. The van der Waals surface area contributed by atoms with Crippen LogP contribution in [0.3, 0.4) is 0 Å². The highest BCUT2D eigenvalue weighted by molar-refractivity contribution is 5.78. The lowest BCUT2D eigenvalue weighted by Gasteiger charge is -2.36. The number of methoxy groups -OCH3 is 1. The molecule has 2 heterocycles. The topological polar surface area (TPSA) is 58.6 Å². The number of nitrogens with zero attached hydrogens (tertiary/aromatic N) is 4. The molecule has 0 unspecified atom stereocenters. The summed E-state index contributed by atoms with van der Waals surface area (Å²) in [6.45, 7) is 6.92. The molecule has 1 aliphatic heterocycles. The van der Waals surface area contributed by atoms with Gasteiger partial charge in [0.1, 0.15) is 17.9 Å². The van der Waals surface area contributed by atoms with Gasteiger partial charge in [-0.15, -0.1) is 0 Å². The average Bonchev–Trinajstić information content (AvgIpc) is 2.67. The van der Waals surface area contributed by atoms with Crippen molar-refractivity contribution in [1.82, 2.24) is 14.9 Å². The number of amides is 1. The number of carbonyl (C=O) groups excluding carboxylic acids is 1. The Hall–Kier alpha value is -2.63. The summed E-state index contributed by atoms with van der Waals surface area (Å²) in [4.78, 5) is 25.1. The number of hydrogen-bond donors (Lipinski definition) is 0. The van der Waals surface area contributed by atoms with E-state index >= 15 is 0 Å². The maximum Gasteiger partial charge on any atom is 0.225 e. The number of carbonyl (C=O) groups is 1. The van der Waals surface area contributed by atoms with Crippen molar-refractivity contribution in [2.45, 2.75) is 13.8 Å². The molecular weight excluding hydrogens is 316 g/mol. The van der Waals surface area contributed by atoms with Crippen LogP contribution in [-0.2, 0) is 4.79 Å². The minimum Gasteiger partial charge on any atom is -0.497 e. The lowest BCUT2D eigenvalue weighted by molar-refractivity contribution is -0.134. The first-order valence-electron chi connectivity index (χ1n) is 8.58. The summed E-state index contributed by atoms with van der Waals surface area (Å²) in [7, 11) is 1.66. The van der Waals surface area contributed by atoms with Crippen LogP contribution in [0.1, 0.15) is 13.8 Å². The average molecular weight is 340 g/mol. The van der Waals surface area contributed by atoms with E-state index < -0.39 is 0 Å². The Kier molecular flexibility index (Phi) is 5.16. The van der Waals surface area contributed by atoms with Gasteiger partial charge in [-0.05, 0) is 12.1 Å². The molecule has 2 aromatic rings. The van der Waals surface area contributed by atoms with Crippen molar-refractivity contribution in [1.29, 1.82) is 0 Å². The van der Waals surface area contributed by atoms with E-state index in [2.05, 4.69) is 14.9 Å². The molecular formula is C19H24N4O2. The first-order valence-corrected chi connectivity index (χ1v) is 8.58. The molecule has 1 aromatic heterocycles. The molecule has 0 aliphatic carbocycles. The summed E-state index contributed by atoms with van der Waals surface area (Å²) in [6, 6.07) is 9.83. The third-order valence-corrected chi connectivity index (χ3v) is 4.43. The first kappa shape index (κ1) is 17.2. The Balaban J connectivity index is 1.73. The van der Waals surface area contributed by atoms with E-state index in [0.29, 0.717) is 0 Å². The Labute approximate surface area is 148 Å². The molecule has 6 heteroatoms. The van der Waals surface area contributed by atoms with Crippen molar-refractivity contribution in [2.75, 3.05) is 38.2 Å². The van der Waals surface area contributed by atoms with Crippen molar-refractivity contribution in [3.8, 4) is 17.0 Å². The smallest absolute Gasteiger partial charge is 0.225 e. The molecule has 3 rings (SSSR count). The second-order valence-corrected chi connectivity index (χ2v) is 6.46. The van der Waals surface area contributed by atoms with E-state index in [1.54, 1.807) is 13.4 Å². The van der Waals surface area contributed by atoms with E-state index in [-0.39, 0.29) is 11.8 Å². The van der Waals surface area contributed by atoms with Crippen molar-refractivity contribution in [2.24, 2.45) is 5.92 Å². The van der Waals surface area contributed by atoms with E-state index in [4.69, 9.17) is 4.74 Å². The van der Waals surface area contributed by atoms with Crippen molar-refractivity contribution in [3.05, 3.63) is 36.7 Å². The third-order valence-electron chi connectivity index (χ3n) is 4.43. The predicted molar refractivity (Wildman–Crippen MR) is 97.7 cm³/mol. The standard InChI is InChI=1S/C19H24N4O2/c1-14(2)19(24)23-9-7-22(8-10-23)18-12-17(20-13-21-18)15-5-4-6-16(11-15)25-3/h4-6,11-14H,7-10H2,1-3H3. The fourth-order valence-corrected chi connectivity index (χ4v) is 2.98. The van der Waals surface area contributed by atoms with Crippen LogP contribution in [0.5, 0.6) is 5.75 Å². The molecule has 1 fully saturated rings. The second-order valence-electron chi connectivity index (χ2n) is 6.46. The fourth-order valence-electron chi connectivity index (χ4n) is 2.98.